The highest BCUT2D eigenvalue weighted by Gasteiger charge is 2.27. The molecule has 1 aliphatic heterocycles. The Morgan fingerprint density at radius 2 is 1.82 bits per heavy atom. The zero-order valence-corrected chi connectivity index (χ0v) is 21.2. The van der Waals surface area contributed by atoms with E-state index >= 15 is 0 Å². The van der Waals surface area contributed by atoms with Gasteiger partial charge in [-0.3, -0.25) is 4.21 Å². The average Bonchev–Trinajstić information content (AvgIpc) is 2.76. The van der Waals surface area contributed by atoms with Gasteiger partial charge >= 0.3 is 0 Å². The molecule has 2 aromatic carbocycles. The Morgan fingerprint density at radius 1 is 1.15 bits per heavy atom. The number of aryl methyl sites for hydroxylation is 1. The number of benzene rings is 2. The van der Waals surface area contributed by atoms with E-state index in [2.05, 4.69) is 23.0 Å². The van der Waals surface area contributed by atoms with Crippen LogP contribution in [0, 0.1) is 11.6 Å². The summed E-state index contributed by atoms with van der Waals surface area (Å²) in [6, 6.07) is 8.49. The summed E-state index contributed by atoms with van der Waals surface area (Å²) in [6.07, 6.45) is 1.45. The first-order chi connectivity index (χ1) is 15.7. The van der Waals surface area contributed by atoms with Gasteiger partial charge < -0.3 is 10.4 Å². The van der Waals surface area contributed by atoms with Gasteiger partial charge in [0.05, 0.1) is 23.1 Å². The first-order valence-electron chi connectivity index (χ1n) is 11.2. The zero-order chi connectivity index (χ0) is 24.5. The van der Waals surface area contributed by atoms with Gasteiger partial charge in [0.25, 0.3) is 0 Å². The van der Waals surface area contributed by atoms with Crippen LogP contribution in [0.3, 0.4) is 0 Å². The number of rotatable bonds is 9. The van der Waals surface area contributed by atoms with E-state index in [0.29, 0.717) is 17.1 Å². The molecule has 0 spiro atoms. The highest BCUT2D eigenvalue weighted by Crippen LogP contribution is 2.28. The van der Waals surface area contributed by atoms with E-state index in [0.717, 1.165) is 23.6 Å². The van der Waals surface area contributed by atoms with Crippen LogP contribution in [-0.2, 0) is 40.4 Å². The summed E-state index contributed by atoms with van der Waals surface area (Å²) < 4.78 is 53.9. The largest absolute Gasteiger partial charge is 0.390 e. The van der Waals surface area contributed by atoms with Crippen molar-refractivity contribution in [3.8, 4) is 0 Å². The highest BCUT2D eigenvalue weighted by molar-refractivity contribution is 7.84. The highest BCUT2D eigenvalue weighted by atomic mass is 32.2. The third kappa shape index (κ3) is 8.33. The minimum Gasteiger partial charge on any atom is -0.390 e. The maximum absolute atomic E-state index is 13.5. The number of fused-ring (bicyclic) bond motifs is 1. The standard InChI is InChI=1S/C22H28F2N2O3S2.C2H6/c1-3-14-4-5-16-12-31(29)13-21(19(16)8-14)25-11-22(27)20(26-30(2)28)9-15-6-17(23)10-18(24)7-15;1-2/h4-8,10,20-22,25-27H,3,9,11-13H2,1-2H3;1-2H3/t20?,21-,22+,30?,31?;/m0./s1. The fourth-order valence-electron chi connectivity index (χ4n) is 3.85. The molecule has 2 aromatic rings. The molecule has 3 unspecified atom stereocenters. The number of hydrogen-bond acceptors (Lipinski definition) is 4. The maximum Gasteiger partial charge on any atom is 0.126 e. The quantitative estimate of drug-likeness (QED) is 0.494. The second-order valence-corrected chi connectivity index (χ2v) is 10.5. The lowest BCUT2D eigenvalue weighted by Crippen LogP contribution is -2.48. The Labute approximate surface area is 200 Å². The number of aliphatic hydroxyl groups is 1. The minimum absolute atomic E-state index is 0.101. The van der Waals surface area contributed by atoms with Crippen molar-refractivity contribution in [1.82, 2.24) is 10.0 Å². The van der Waals surface area contributed by atoms with Gasteiger partial charge in [-0.25, -0.2) is 17.7 Å². The molecule has 3 rings (SSSR count). The van der Waals surface area contributed by atoms with Gasteiger partial charge in [-0.2, -0.15) is 0 Å². The lowest BCUT2D eigenvalue weighted by atomic mass is 9.97. The molecule has 5 nitrogen and oxygen atoms in total. The van der Waals surface area contributed by atoms with E-state index < -0.39 is 45.6 Å². The Balaban J connectivity index is 0.00000187. The van der Waals surface area contributed by atoms with Gasteiger partial charge in [0, 0.05) is 47.2 Å². The second kappa shape index (κ2) is 13.4. The first kappa shape index (κ1) is 27.7. The Bertz CT molecular complexity index is 954. The molecule has 9 heteroatoms. The molecule has 0 saturated heterocycles. The van der Waals surface area contributed by atoms with Crippen molar-refractivity contribution in [2.75, 3.05) is 18.6 Å². The van der Waals surface area contributed by atoms with Crippen LogP contribution < -0.4 is 10.0 Å². The number of aliphatic hydroxyl groups excluding tert-OH is 1. The summed E-state index contributed by atoms with van der Waals surface area (Å²) in [5, 5.41) is 14.1. The summed E-state index contributed by atoms with van der Waals surface area (Å²) in [6.45, 7) is 6.22. The van der Waals surface area contributed by atoms with Crippen LogP contribution in [0.15, 0.2) is 36.4 Å². The van der Waals surface area contributed by atoms with Gasteiger partial charge in [-0.1, -0.05) is 39.0 Å². The van der Waals surface area contributed by atoms with Crippen molar-refractivity contribution in [2.24, 2.45) is 0 Å². The van der Waals surface area contributed by atoms with Crippen LogP contribution >= 0.6 is 0 Å². The number of hydrogen-bond donors (Lipinski definition) is 3. The van der Waals surface area contributed by atoms with Crippen molar-refractivity contribution in [2.45, 2.75) is 57.6 Å². The molecule has 3 N–H and O–H groups in total. The molecular weight excluding hydrogens is 466 g/mol. The lowest BCUT2D eigenvalue weighted by Gasteiger charge is -2.29. The molecule has 0 radical (unpaired) electrons. The molecule has 5 atom stereocenters. The number of nitrogens with one attached hydrogen (secondary N) is 2. The van der Waals surface area contributed by atoms with Crippen LogP contribution in [0.1, 0.15) is 49.1 Å². The van der Waals surface area contributed by atoms with Crippen LogP contribution in [0.5, 0.6) is 0 Å². The van der Waals surface area contributed by atoms with Crippen LogP contribution in [0.2, 0.25) is 0 Å². The summed E-state index contributed by atoms with van der Waals surface area (Å²) in [5.74, 6) is -0.441. The van der Waals surface area contributed by atoms with Gasteiger partial charge in [0.1, 0.15) is 11.6 Å². The summed E-state index contributed by atoms with van der Waals surface area (Å²) in [4.78, 5) is 0. The molecule has 0 bridgehead atoms. The summed E-state index contributed by atoms with van der Waals surface area (Å²) in [5.41, 5.74) is 3.67. The summed E-state index contributed by atoms with van der Waals surface area (Å²) >= 11 is 0. The number of halogens is 2. The third-order valence-electron chi connectivity index (χ3n) is 5.40. The average molecular weight is 501 g/mol. The van der Waals surface area contributed by atoms with E-state index in [1.165, 1.54) is 24.0 Å². The van der Waals surface area contributed by atoms with Crippen LogP contribution in [0.25, 0.3) is 0 Å². The van der Waals surface area contributed by atoms with Gasteiger partial charge in [-0.05, 0) is 47.2 Å². The fraction of sp³-hybridized carbons (Fsp3) is 0.500. The predicted molar refractivity (Wildman–Crippen MR) is 132 cm³/mol. The molecule has 0 aliphatic carbocycles. The van der Waals surface area contributed by atoms with E-state index in [4.69, 9.17) is 0 Å². The van der Waals surface area contributed by atoms with Gasteiger partial charge in [-0.15, -0.1) is 0 Å². The monoisotopic (exact) mass is 500 g/mol. The first-order valence-corrected chi connectivity index (χ1v) is 14.2. The van der Waals surface area contributed by atoms with E-state index in [1.54, 1.807) is 0 Å². The molecular formula is C24H34F2N2O3S2. The predicted octanol–water partition coefficient (Wildman–Crippen LogP) is 3.30. The molecule has 1 aliphatic rings. The lowest BCUT2D eigenvalue weighted by molar-refractivity contribution is 0.132. The molecule has 0 amide bonds. The SMILES string of the molecule is CC.CCc1ccc2c(c1)[C@@H](NC[C@@H](O)C(Cc1cc(F)cc(F)c1)NS(C)=O)CS(=O)C2. The Kier molecular flexibility index (Phi) is 11.2. The minimum atomic E-state index is -1.43. The molecule has 0 fully saturated rings. The van der Waals surface area contributed by atoms with Crippen molar-refractivity contribution >= 4 is 21.8 Å². The van der Waals surface area contributed by atoms with Crippen LogP contribution in [-0.4, -0.2) is 44.2 Å². The topological polar surface area (TPSA) is 78.4 Å². The van der Waals surface area contributed by atoms with Crippen molar-refractivity contribution in [3.63, 3.8) is 0 Å². The van der Waals surface area contributed by atoms with Crippen molar-refractivity contribution in [1.29, 1.82) is 0 Å². The van der Waals surface area contributed by atoms with Gasteiger partial charge in [0.15, 0.2) is 0 Å². The smallest absolute Gasteiger partial charge is 0.126 e. The van der Waals surface area contributed by atoms with Crippen molar-refractivity contribution < 1.29 is 22.3 Å². The van der Waals surface area contributed by atoms with E-state index in [1.807, 2.05) is 26.0 Å². The molecule has 33 heavy (non-hydrogen) atoms. The molecule has 1 heterocycles. The Hall–Kier alpha value is -1.52. The van der Waals surface area contributed by atoms with Crippen molar-refractivity contribution in [3.05, 3.63) is 70.3 Å². The van der Waals surface area contributed by atoms with Crippen LogP contribution in [0.4, 0.5) is 8.78 Å². The molecule has 0 aromatic heterocycles. The second-order valence-electron chi connectivity index (χ2n) is 7.83. The Morgan fingerprint density at radius 3 is 2.42 bits per heavy atom. The summed E-state index contributed by atoms with van der Waals surface area (Å²) in [7, 11) is -2.43. The van der Waals surface area contributed by atoms with E-state index in [-0.39, 0.29) is 19.0 Å². The normalized spacial score (nSPS) is 20.2. The molecule has 184 valence electrons. The third-order valence-corrected chi connectivity index (χ3v) is 7.37. The fourth-order valence-corrected chi connectivity index (χ4v) is 5.92. The van der Waals surface area contributed by atoms with E-state index in [9.17, 15) is 22.3 Å². The van der Waals surface area contributed by atoms with Gasteiger partial charge in [0.2, 0.25) is 0 Å². The molecule has 0 saturated carbocycles. The maximum atomic E-state index is 13.5. The zero-order valence-electron chi connectivity index (χ0n) is 19.6.